The fourth-order valence-electron chi connectivity index (χ4n) is 1.93. The van der Waals surface area contributed by atoms with Crippen molar-refractivity contribution in [2.75, 3.05) is 0 Å². The molecule has 104 valence electrons. The van der Waals surface area contributed by atoms with Crippen molar-refractivity contribution in [2.24, 2.45) is 5.92 Å². The van der Waals surface area contributed by atoms with Crippen LogP contribution in [0.2, 0.25) is 0 Å². The topological polar surface area (TPSA) is 83.5 Å². The van der Waals surface area contributed by atoms with Gasteiger partial charge in [0, 0.05) is 10.9 Å². The second-order valence-electron chi connectivity index (χ2n) is 4.26. The first kappa shape index (κ1) is 14.7. The molecule has 0 amide bonds. The van der Waals surface area contributed by atoms with Crippen LogP contribution < -0.4 is 4.72 Å². The minimum absolute atomic E-state index is 0.233. The number of sulfonamides is 1. The highest BCUT2D eigenvalue weighted by atomic mass is 79.9. The SMILES string of the molecule is Cc1sc(Br)cc1S(=O)(=O)NC1C=CC(C(=O)O)C1. The van der Waals surface area contributed by atoms with Crippen LogP contribution in [0.4, 0.5) is 0 Å². The summed E-state index contributed by atoms with van der Waals surface area (Å²) < 4.78 is 27.6. The maximum atomic E-state index is 12.2. The number of hydrogen-bond donors (Lipinski definition) is 2. The van der Waals surface area contributed by atoms with Gasteiger partial charge in [0.05, 0.1) is 14.6 Å². The number of halogens is 1. The van der Waals surface area contributed by atoms with Gasteiger partial charge in [-0.3, -0.25) is 4.79 Å². The molecule has 2 rings (SSSR count). The number of thiophene rings is 1. The summed E-state index contributed by atoms with van der Waals surface area (Å²) in [5.41, 5.74) is 0. The molecule has 0 fully saturated rings. The molecule has 2 N–H and O–H groups in total. The summed E-state index contributed by atoms with van der Waals surface area (Å²) in [7, 11) is -3.62. The Morgan fingerprint density at radius 1 is 1.53 bits per heavy atom. The summed E-state index contributed by atoms with van der Waals surface area (Å²) in [4.78, 5) is 11.7. The molecule has 1 aromatic heterocycles. The molecule has 0 aromatic carbocycles. The van der Waals surface area contributed by atoms with Crippen molar-refractivity contribution in [2.45, 2.75) is 24.3 Å². The van der Waals surface area contributed by atoms with Gasteiger partial charge in [0.1, 0.15) is 0 Å². The summed E-state index contributed by atoms with van der Waals surface area (Å²) in [6.45, 7) is 1.73. The molecule has 19 heavy (non-hydrogen) atoms. The zero-order chi connectivity index (χ0) is 14.2. The van der Waals surface area contributed by atoms with Gasteiger partial charge in [-0.25, -0.2) is 13.1 Å². The molecule has 1 aliphatic rings. The fourth-order valence-corrected chi connectivity index (χ4v) is 5.55. The van der Waals surface area contributed by atoms with Crippen molar-refractivity contribution < 1.29 is 18.3 Å². The molecule has 1 aromatic rings. The molecule has 2 atom stereocenters. The van der Waals surface area contributed by atoms with E-state index in [4.69, 9.17) is 5.11 Å². The van der Waals surface area contributed by atoms with Gasteiger partial charge in [-0.05, 0) is 35.3 Å². The first-order valence-corrected chi connectivity index (χ1v) is 8.58. The zero-order valence-electron chi connectivity index (χ0n) is 9.96. The summed E-state index contributed by atoms with van der Waals surface area (Å²) in [6.07, 6.45) is 3.36. The maximum absolute atomic E-state index is 12.2. The van der Waals surface area contributed by atoms with Crippen LogP contribution in [0, 0.1) is 12.8 Å². The van der Waals surface area contributed by atoms with Crippen LogP contribution >= 0.6 is 27.3 Å². The number of aliphatic carboxylic acids is 1. The first-order chi connectivity index (χ1) is 8.79. The molecule has 0 saturated carbocycles. The predicted molar refractivity (Wildman–Crippen MR) is 75.7 cm³/mol. The van der Waals surface area contributed by atoms with Crippen LogP contribution in [-0.4, -0.2) is 25.5 Å². The minimum Gasteiger partial charge on any atom is -0.481 e. The number of nitrogens with one attached hydrogen (secondary N) is 1. The molecule has 1 aliphatic carbocycles. The van der Waals surface area contributed by atoms with E-state index < -0.39 is 28.0 Å². The molecule has 5 nitrogen and oxygen atoms in total. The summed E-state index contributed by atoms with van der Waals surface area (Å²) >= 11 is 4.60. The van der Waals surface area contributed by atoms with E-state index in [1.54, 1.807) is 19.1 Å². The first-order valence-electron chi connectivity index (χ1n) is 5.49. The molecule has 8 heteroatoms. The van der Waals surface area contributed by atoms with Crippen LogP contribution in [0.15, 0.2) is 26.9 Å². The van der Waals surface area contributed by atoms with Gasteiger partial charge in [0.15, 0.2) is 0 Å². The molecule has 0 spiro atoms. The molecule has 1 heterocycles. The molecule has 0 bridgehead atoms. The van der Waals surface area contributed by atoms with Crippen molar-refractivity contribution >= 4 is 43.3 Å². The van der Waals surface area contributed by atoms with Gasteiger partial charge in [-0.1, -0.05) is 12.2 Å². The second kappa shape index (κ2) is 5.35. The van der Waals surface area contributed by atoms with E-state index in [2.05, 4.69) is 20.7 Å². The van der Waals surface area contributed by atoms with Crippen molar-refractivity contribution in [3.63, 3.8) is 0 Å². The fraction of sp³-hybridized carbons (Fsp3) is 0.364. The number of rotatable bonds is 4. The van der Waals surface area contributed by atoms with Crippen LogP contribution in [0.3, 0.4) is 0 Å². The highest BCUT2D eigenvalue weighted by Gasteiger charge is 2.29. The lowest BCUT2D eigenvalue weighted by molar-refractivity contribution is -0.140. The maximum Gasteiger partial charge on any atom is 0.310 e. The van der Waals surface area contributed by atoms with Gasteiger partial charge in [0.2, 0.25) is 10.0 Å². The molecule has 0 saturated heterocycles. The van der Waals surface area contributed by atoms with Crippen molar-refractivity contribution in [1.29, 1.82) is 0 Å². The van der Waals surface area contributed by atoms with Crippen LogP contribution in [0.5, 0.6) is 0 Å². The molecule has 0 aliphatic heterocycles. The highest BCUT2D eigenvalue weighted by Crippen LogP contribution is 2.30. The second-order valence-corrected chi connectivity index (χ2v) is 8.58. The van der Waals surface area contributed by atoms with Gasteiger partial charge in [-0.15, -0.1) is 11.3 Å². The lowest BCUT2D eigenvalue weighted by Gasteiger charge is -2.12. The lowest BCUT2D eigenvalue weighted by Crippen LogP contribution is -2.33. The van der Waals surface area contributed by atoms with Crippen molar-refractivity contribution in [3.05, 3.63) is 26.9 Å². The number of aryl methyl sites for hydroxylation is 1. The van der Waals surface area contributed by atoms with Gasteiger partial charge >= 0.3 is 5.97 Å². The number of carbonyl (C=O) groups is 1. The standard InChI is InChI=1S/C11H12BrNO4S2/c1-6-9(5-10(12)18-6)19(16,17)13-8-3-2-7(4-8)11(14)15/h2-3,5,7-8,13H,4H2,1H3,(H,14,15). The summed E-state index contributed by atoms with van der Waals surface area (Å²) in [6, 6.07) is 1.08. The predicted octanol–water partition coefficient (Wildman–Crippen LogP) is 2.13. The van der Waals surface area contributed by atoms with E-state index in [0.29, 0.717) is 4.88 Å². The van der Waals surface area contributed by atoms with E-state index in [9.17, 15) is 13.2 Å². The largest absolute Gasteiger partial charge is 0.481 e. The van der Waals surface area contributed by atoms with Crippen molar-refractivity contribution in [3.8, 4) is 0 Å². The Bertz CT molecular complexity index is 635. The highest BCUT2D eigenvalue weighted by molar-refractivity contribution is 9.11. The van der Waals surface area contributed by atoms with Crippen LogP contribution in [0.25, 0.3) is 0 Å². The average Bonchev–Trinajstić information content (AvgIpc) is 2.85. The van der Waals surface area contributed by atoms with Crippen LogP contribution in [0.1, 0.15) is 11.3 Å². The normalized spacial score (nSPS) is 22.8. The average molecular weight is 366 g/mol. The third-order valence-electron chi connectivity index (χ3n) is 2.84. The van der Waals surface area contributed by atoms with Gasteiger partial charge < -0.3 is 5.11 Å². The molecular formula is C11H12BrNO4S2. The Labute approximate surface area is 123 Å². The molecule has 2 unspecified atom stereocenters. The van der Waals surface area contributed by atoms with Crippen molar-refractivity contribution in [1.82, 2.24) is 4.72 Å². The Morgan fingerprint density at radius 3 is 2.68 bits per heavy atom. The van der Waals surface area contributed by atoms with E-state index in [1.165, 1.54) is 17.4 Å². The summed E-state index contributed by atoms with van der Waals surface area (Å²) in [5, 5.41) is 8.86. The molecular weight excluding hydrogens is 354 g/mol. The van der Waals surface area contributed by atoms with E-state index in [0.717, 1.165) is 3.79 Å². The monoisotopic (exact) mass is 365 g/mol. The number of carboxylic acid groups (broad SMARTS) is 1. The zero-order valence-corrected chi connectivity index (χ0v) is 13.2. The van der Waals surface area contributed by atoms with Crippen LogP contribution in [-0.2, 0) is 14.8 Å². The molecule has 0 radical (unpaired) electrons. The Morgan fingerprint density at radius 2 is 2.21 bits per heavy atom. The Kier molecular flexibility index (Phi) is 4.14. The van der Waals surface area contributed by atoms with Gasteiger partial charge in [-0.2, -0.15) is 0 Å². The van der Waals surface area contributed by atoms with E-state index in [-0.39, 0.29) is 11.3 Å². The van der Waals surface area contributed by atoms with E-state index in [1.807, 2.05) is 0 Å². The Hall–Kier alpha value is -0.700. The number of hydrogen-bond acceptors (Lipinski definition) is 4. The van der Waals surface area contributed by atoms with Gasteiger partial charge in [0.25, 0.3) is 0 Å². The summed E-state index contributed by atoms with van der Waals surface area (Å²) in [5.74, 6) is -1.56. The minimum atomic E-state index is -3.62. The number of carboxylic acids is 1. The lowest BCUT2D eigenvalue weighted by atomic mass is 10.1. The quantitative estimate of drug-likeness (QED) is 0.800. The Balaban J connectivity index is 2.14. The smallest absolute Gasteiger partial charge is 0.310 e. The van der Waals surface area contributed by atoms with E-state index >= 15 is 0 Å². The third kappa shape index (κ3) is 3.25. The third-order valence-corrected chi connectivity index (χ3v) is 6.14.